The van der Waals surface area contributed by atoms with Gasteiger partial charge in [-0.05, 0) is 37.6 Å². The number of thiophene rings is 1. The zero-order valence-corrected chi connectivity index (χ0v) is 17.0. The highest BCUT2D eigenvalue weighted by Crippen LogP contribution is 2.31. The Morgan fingerprint density at radius 1 is 1.25 bits per heavy atom. The summed E-state index contributed by atoms with van der Waals surface area (Å²) in [5.41, 5.74) is 1.08. The Hall–Kier alpha value is -2.56. The number of rotatable bonds is 4. The van der Waals surface area contributed by atoms with Crippen LogP contribution in [-0.2, 0) is 23.1 Å². The van der Waals surface area contributed by atoms with Gasteiger partial charge in [-0.2, -0.15) is 5.10 Å². The monoisotopic (exact) mass is 417 g/mol. The molecular weight excluding hydrogens is 398 g/mol. The third kappa shape index (κ3) is 3.34. The van der Waals surface area contributed by atoms with Gasteiger partial charge in [0.25, 0.3) is 5.91 Å². The average molecular weight is 418 g/mol. The van der Waals surface area contributed by atoms with Crippen molar-refractivity contribution in [3.05, 3.63) is 52.9 Å². The quantitative estimate of drug-likeness (QED) is 0.699. The van der Waals surface area contributed by atoms with Crippen LogP contribution in [0.5, 0.6) is 0 Å². The number of carbonyl (C=O) groups is 1. The predicted molar refractivity (Wildman–Crippen MR) is 106 cm³/mol. The number of hydrogen-bond donors (Lipinski definition) is 1. The molecule has 0 aliphatic carbocycles. The van der Waals surface area contributed by atoms with E-state index in [-0.39, 0.29) is 10.8 Å². The Labute approximate surface area is 166 Å². The molecule has 146 valence electrons. The molecule has 0 saturated carbocycles. The summed E-state index contributed by atoms with van der Waals surface area (Å²) in [4.78, 5) is 20.4. The van der Waals surface area contributed by atoms with Crippen LogP contribution in [0.15, 0.2) is 40.6 Å². The van der Waals surface area contributed by atoms with Gasteiger partial charge in [0.05, 0.1) is 18.0 Å². The van der Waals surface area contributed by atoms with E-state index in [1.165, 1.54) is 30.5 Å². The Morgan fingerprint density at radius 2 is 2.07 bits per heavy atom. The van der Waals surface area contributed by atoms with Crippen molar-refractivity contribution in [3.63, 3.8) is 0 Å². The molecule has 10 heteroatoms. The molecule has 0 unspecified atom stereocenters. The standard InChI is InChI=1S/C18H19N5O3S2/c1-12-20-17-11-22(7-8-23(17)21-12)18(24)15-10-13(28(25,26)19-2)5-6-14(15)16-4-3-9-27-16/h3-6,9-10,19H,7-8,11H2,1-2H3. The third-order valence-corrected chi connectivity index (χ3v) is 6.96. The maximum atomic E-state index is 13.4. The van der Waals surface area contributed by atoms with Crippen LogP contribution >= 0.6 is 11.3 Å². The van der Waals surface area contributed by atoms with Crippen LogP contribution in [-0.4, -0.2) is 47.6 Å². The number of fused-ring (bicyclic) bond motifs is 1. The molecular formula is C18H19N5O3S2. The molecule has 8 nitrogen and oxygen atoms in total. The summed E-state index contributed by atoms with van der Waals surface area (Å²) in [6, 6.07) is 8.49. The first-order valence-corrected chi connectivity index (χ1v) is 11.1. The Bertz CT molecular complexity index is 1140. The predicted octanol–water partition coefficient (Wildman–Crippen LogP) is 1.88. The molecule has 3 heterocycles. The molecule has 1 amide bonds. The van der Waals surface area contributed by atoms with Gasteiger partial charge in [0.15, 0.2) is 0 Å². The topological polar surface area (TPSA) is 97.2 Å². The molecule has 0 bridgehead atoms. The van der Waals surface area contributed by atoms with E-state index < -0.39 is 10.0 Å². The first-order valence-electron chi connectivity index (χ1n) is 8.70. The van der Waals surface area contributed by atoms with Crippen molar-refractivity contribution < 1.29 is 13.2 Å². The van der Waals surface area contributed by atoms with E-state index in [1.807, 2.05) is 24.4 Å². The Morgan fingerprint density at radius 3 is 2.79 bits per heavy atom. The molecule has 1 aliphatic heterocycles. The van der Waals surface area contributed by atoms with Crippen molar-refractivity contribution in [2.75, 3.05) is 13.6 Å². The second-order valence-corrected chi connectivity index (χ2v) is 9.25. The van der Waals surface area contributed by atoms with E-state index in [9.17, 15) is 13.2 Å². The van der Waals surface area contributed by atoms with E-state index in [1.54, 1.807) is 15.6 Å². The minimum absolute atomic E-state index is 0.0645. The maximum absolute atomic E-state index is 13.4. The fraction of sp³-hybridized carbons (Fsp3) is 0.278. The summed E-state index contributed by atoms with van der Waals surface area (Å²) in [5, 5.41) is 6.24. The highest BCUT2D eigenvalue weighted by atomic mass is 32.2. The van der Waals surface area contributed by atoms with Gasteiger partial charge in [0.1, 0.15) is 11.6 Å². The molecule has 1 N–H and O–H groups in total. The van der Waals surface area contributed by atoms with Crippen molar-refractivity contribution in [1.29, 1.82) is 0 Å². The summed E-state index contributed by atoms with van der Waals surface area (Å²) in [7, 11) is -2.31. The molecule has 0 radical (unpaired) electrons. The highest BCUT2D eigenvalue weighted by Gasteiger charge is 2.27. The molecule has 3 aromatic rings. The number of benzene rings is 1. The molecule has 1 aromatic carbocycles. The lowest BCUT2D eigenvalue weighted by Crippen LogP contribution is -2.39. The number of nitrogens with one attached hydrogen (secondary N) is 1. The van der Waals surface area contributed by atoms with Crippen LogP contribution in [0.1, 0.15) is 22.0 Å². The molecule has 0 spiro atoms. The Kier molecular flexibility index (Phi) is 4.77. The number of nitrogens with zero attached hydrogens (tertiary/aromatic N) is 4. The summed E-state index contributed by atoms with van der Waals surface area (Å²) in [6.07, 6.45) is 0. The van der Waals surface area contributed by atoms with Crippen molar-refractivity contribution in [3.8, 4) is 10.4 Å². The van der Waals surface area contributed by atoms with Gasteiger partial charge in [-0.25, -0.2) is 22.8 Å². The second-order valence-electron chi connectivity index (χ2n) is 6.42. The minimum Gasteiger partial charge on any atom is -0.329 e. The number of amides is 1. The van der Waals surface area contributed by atoms with Gasteiger partial charge in [-0.15, -0.1) is 11.3 Å². The fourth-order valence-corrected chi connectivity index (χ4v) is 4.76. The third-order valence-electron chi connectivity index (χ3n) is 4.64. The highest BCUT2D eigenvalue weighted by molar-refractivity contribution is 7.89. The number of aromatic nitrogens is 3. The van der Waals surface area contributed by atoms with Crippen molar-refractivity contribution in [1.82, 2.24) is 24.4 Å². The van der Waals surface area contributed by atoms with Crippen LogP contribution in [0.25, 0.3) is 10.4 Å². The van der Waals surface area contributed by atoms with E-state index >= 15 is 0 Å². The summed E-state index contributed by atoms with van der Waals surface area (Å²) in [5.74, 6) is 1.18. The number of sulfonamides is 1. The van der Waals surface area contributed by atoms with Crippen LogP contribution in [0, 0.1) is 6.92 Å². The van der Waals surface area contributed by atoms with E-state index in [0.29, 0.717) is 31.0 Å². The number of aryl methyl sites for hydroxylation is 1. The van der Waals surface area contributed by atoms with Crippen LogP contribution < -0.4 is 4.72 Å². The van der Waals surface area contributed by atoms with Gasteiger partial charge in [0.2, 0.25) is 10.0 Å². The van der Waals surface area contributed by atoms with Gasteiger partial charge in [0, 0.05) is 22.5 Å². The van der Waals surface area contributed by atoms with Gasteiger partial charge in [-0.3, -0.25) is 4.79 Å². The molecule has 1 aliphatic rings. The average Bonchev–Trinajstić information content (AvgIpc) is 3.35. The fourth-order valence-electron chi connectivity index (χ4n) is 3.24. The van der Waals surface area contributed by atoms with Crippen LogP contribution in [0.4, 0.5) is 0 Å². The minimum atomic E-state index is -3.66. The lowest BCUT2D eigenvalue weighted by molar-refractivity contribution is 0.0703. The van der Waals surface area contributed by atoms with Crippen molar-refractivity contribution >= 4 is 27.3 Å². The summed E-state index contributed by atoms with van der Waals surface area (Å²) in [6.45, 7) is 3.21. The van der Waals surface area contributed by atoms with E-state index in [2.05, 4.69) is 14.8 Å². The molecule has 0 atom stereocenters. The largest absolute Gasteiger partial charge is 0.329 e. The van der Waals surface area contributed by atoms with Gasteiger partial charge >= 0.3 is 0 Å². The van der Waals surface area contributed by atoms with E-state index in [0.717, 1.165) is 16.3 Å². The molecule has 0 saturated heterocycles. The zero-order valence-electron chi connectivity index (χ0n) is 15.4. The van der Waals surface area contributed by atoms with Crippen LogP contribution in [0.3, 0.4) is 0 Å². The normalized spacial score (nSPS) is 14.1. The van der Waals surface area contributed by atoms with Crippen molar-refractivity contribution in [2.24, 2.45) is 0 Å². The summed E-state index contributed by atoms with van der Waals surface area (Å²) < 4.78 is 28.6. The van der Waals surface area contributed by atoms with E-state index in [4.69, 9.17) is 0 Å². The lowest BCUT2D eigenvalue weighted by atomic mass is 10.0. The maximum Gasteiger partial charge on any atom is 0.255 e. The molecule has 0 fully saturated rings. The van der Waals surface area contributed by atoms with Gasteiger partial charge < -0.3 is 4.90 Å². The Balaban J connectivity index is 1.76. The SMILES string of the molecule is CNS(=O)(=O)c1ccc(-c2cccs2)c(C(=O)N2CCn3nc(C)nc3C2)c1. The smallest absolute Gasteiger partial charge is 0.255 e. The molecule has 2 aromatic heterocycles. The molecule has 4 rings (SSSR count). The first kappa shape index (κ1) is 18.8. The molecule has 28 heavy (non-hydrogen) atoms. The van der Waals surface area contributed by atoms with Crippen molar-refractivity contribution in [2.45, 2.75) is 24.9 Å². The summed E-state index contributed by atoms with van der Waals surface area (Å²) >= 11 is 1.50. The number of hydrogen-bond acceptors (Lipinski definition) is 6. The van der Waals surface area contributed by atoms with Crippen LogP contribution in [0.2, 0.25) is 0 Å². The lowest BCUT2D eigenvalue weighted by Gasteiger charge is -2.27. The zero-order chi connectivity index (χ0) is 19.9. The van der Waals surface area contributed by atoms with Gasteiger partial charge in [-0.1, -0.05) is 12.1 Å². The number of carbonyl (C=O) groups excluding carboxylic acids is 1. The second kappa shape index (κ2) is 7.12. The first-order chi connectivity index (χ1) is 13.4.